The maximum Gasteiger partial charge on any atom is 0.241 e. The predicted molar refractivity (Wildman–Crippen MR) is 75.7 cm³/mol. The van der Waals surface area contributed by atoms with Crippen LogP contribution in [0.1, 0.15) is 25.2 Å². The van der Waals surface area contributed by atoms with Crippen molar-refractivity contribution in [1.82, 2.24) is 15.0 Å². The van der Waals surface area contributed by atoms with Gasteiger partial charge in [0.05, 0.1) is 32.1 Å². The smallest absolute Gasteiger partial charge is 0.241 e. The second kappa shape index (κ2) is 6.20. The Morgan fingerprint density at radius 2 is 2.14 bits per heavy atom. The number of rotatable bonds is 4. The highest BCUT2D eigenvalue weighted by Crippen LogP contribution is 2.26. The predicted octanol–water partition coefficient (Wildman–Crippen LogP) is 2.06. The molecule has 22 heavy (non-hydrogen) atoms. The molecule has 0 unspecified atom stereocenters. The molecule has 0 bridgehead atoms. The lowest BCUT2D eigenvalue weighted by Crippen LogP contribution is -2.46. The second-order valence-corrected chi connectivity index (χ2v) is 5.63. The van der Waals surface area contributed by atoms with Crippen LogP contribution in [0.25, 0.3) is 11.6 Å². The van der Waals surface area contributed by atoms with Gasteiger partial charge in [-0.15, -0.1) is 0 Å². The van der Waals surface area contributed by atoms with Crippen molar-refractivity contribution in [2.45, 2.75) is 38.1 Å². The average Bonchev–Trinajstić information content (AvgIpc) is 3.30. The third kappa shape index (κ3) is 2.79. The molecule has 0 saturated carbocycles. The minimum Gasteiger partial charge on any atom is -0.461 e. The van der Waals surface area contributed by atoms with Crippen molar-refractivity contribution < 1.29 is 18.4 Å². The zero-order chi connectivity index (χ0) is 14.8. The van der Waals surface area contributed by atoms with Gasteiger partial charge in [0.25, 0.3) is 0 Å². The number of hydrogen-bond acceptors (Lipinski definition) is 7. The summed E-state index contributed by atoms with van der Waals surface area (Å²) in [7, 11) is 0. The molecule has 0 aromatic carbocycles. The molecule has 0 aliphatic carbocycles. The molecule has 0 spiro atoms. The maximum atomic E-state index is 5.68. The molecule has 2 saturated heterocycles. The minimum atomic E-state index is -0.132. The van der Waals surface area contributed by atoms with Crippen LogP contribution in [0.5, 0.6) is 0 Å². The first kappa shape index (κ1) is 13.9. The van der Waals surface area contributed by atoms with Crippen LogP contribution in [0.2, 0.25) is 0 Å². The van der Waals surface area contributed by atoms with Gasteiger partial charge in [0, 0.05) is 0 Å². The van der Waals surface area contributed by atoms with E-state index in [0.29, 0.717) is 37.2 Å². The Balaban J connectivity index is 1.46. The molecule has 2 aromatic heterocycles. The monoisotopic (exact) mass is 305 g/mol. The molecule has 1 atom stereocenters. The summed E-state index contributed by atoms with van der Waals surface area (Å²) in [6.45, 7) is 2.96. The molecular formula is C15H19N3O4. The van der Waals surface area contributed by atoms with Gasteiger partial charge in [-0.25, -0.2) is 0 Å². The van der Waals surface area contributed by atoms with Crippen LogP contribution < -0.4 is 0 Å². The molecule has 0 N–H and O–H groups in total. The molecule has 2 aliphatic heterocycles. The van der Waals surface area contributed by atoms with E-state index in [1.54, 1.807) is 12.3 Å². The lowest BCUT2D eigenvalue weighted by Gasteiger charge is -2.36. The lowest BCUT2D eigenvalue weighted by atomic mass is 10.0. The van der Waals surface area contributed by atoms with Crippen LogP contribution in [0, 0.1) is 0 Å². The van der Waals surface area contributed by atoms with Crippen molar-refractivity contribution in [2.75, 3.05) is 19.8 Å². The highest BCUT2D eigenvalue weighted by Gasteiger charge is 2.34. The number of aromatic nitrogens is 2. The Morgan fingerprint density at radius 1 is 1.23 bits per heavy atom. The Hall–Kier alpha value is -1.70. The standard InChI is InChI=1S/C15H19N3O4/c1-2-6-18(11(4-1)15-20-8-9-21-15)10-13-16-14(17-22-13)12-5-3-7-19-12/h3,5,7,11,15H,1-2,4,6,8-10H2/t11-/m0/s1. The summed E-state index contributed by atoms with van der Waals surface area (Å²) in [6.07, 6.45) is 4.91. The van der Waals surface area contributed by atoms with Gasteiger partial charge in [-0.3, -0.25) is 4.90 Å². The molecule has 2 aromatic rings. The third-order valence-corrected chi connectivity index (χ3v) is 4.17. The highest BCUT2D eigenvalue weighted by atomic mass is 16.7. The van der Waals surface area contributed by atoms with E-state index in [4.69, 9.17) is 18.4 Å². The van der Waals surface area contributed by atoms with Crippen LogP contribution >= 0.6 is 0 Å². The van der Waals surface area contributed by atoms with Gasteiger partial charge in [0.1, 0.15) is 0 Å². The van der Waals surface area contributed by atoms with E-state index in [-0.39, 0.29) is 12.3 Å². The van der Waals surface area contributed by atoms with Crippen LogP contribution in [0.15, 0.2) is 27.3 Å². The molecule has 0 radical (unpaired) electrons. The summed E-state index contributed by atoms with van der Waals surface area (Å²) in [5.41, 5.74) is 0. The number of nitrogens with zero attached hydrogens (tertiary/aromatic N) is 3. The van der Waals surface area contributed by atoms with Crippen LogP contribution in [-0.2, 0) is 16.0 Å². The normalized spacial score (nSPS) is 24.1. The fraction of sp³-hybridized carbons (Fsp3) is 0.600. The average molecular weight is 305 g/mol. The first-order valence-corrected chi connectivity index (χ1v) is 7.74. The van der Waals surface area contributed by atoms with Gasteiger partial charge in [-0.2, -0.15) is 4.98 Å². The Labute approximate surface area is 128 Å². The van der Waals surface area contributed by atoms with Gasteiger partial charge >= 0.3 is 0 Å². The third-order valence-electron chi connectivity index (χ3n) is 4.17. The topological polar surface area (TPSA) is 73.8 Å². The summed E-state index contributed by atoms with van der Waals surface area (Å²) in [4.78, 5) is 6.73. The number of piperidine rings is 1. The Morgan fingerprint density at radius 3 is 2.95 bits per heavy atom. The molecule has 2 aliphatic rings. The van der Waals surface area contributed by atoms with Gasteiger partial charge in [0.15, 0.2) is 12.1 Å². The molecule has 4 heterocycles. The SMILES string of the molecule is c1coc(-c2noc(CN3CCCC[C@H]3C3OCCO3)n2)c1. The lowest BCUT2D eigenvalue weighted by molar-refractivity contribution is -0.112. The first-order valence-electron chi connectivity index (χ1n) is 7.74. The molecular weight excluding hydrogens is 286 g/mol. The van der Waals surface area contributed by atoms with E-state index in [2.05, 4.69) is 15.0 Å². The number of hydrogen-bond donors (Lipinski definition) is 0. The fourth-order valence-corrected chi connectivity index (χ4v) is 3.12. The molecule has 7 heteroatoms. The molecule has 2 fully saturated rings. The van der Waals surface area contributed by atoms with Crippen LogP contribution in [-0.4, -0.2) is 47.1 Å². The molecule has 118 valence electrons. The zero-order valence-electron chi connectivity index (χ0n) is 12.3. The van der Waals surface area contributed by atoms with Crippen molar-refractivity contribution in [3.05, 3.63) is 24.3 Å². The molecule has 0 amide bonds. The number of furan rings is 1. The van der Waals surface area contributed by atoms with E-state index in [1.165, 1.54) is 12.8 Å². The summed E-state index contributed by atoms with van der Waals surface area (Å²) < 4.78 is 22.0. The van der Waals surface area contributed by atoms with Gasteiger partial charge in [0.2, 0.25) is 11.7 Å². The molecule has 4 rings (SSSR count). The quantitative estimate of drug-likeness (QED) is 0.856. The number of likely N-dealkylation sites (tertiary alicyclic amines) is 1. The second-order valence-electron chi connectivity index (χ2n) is 5.63. The van der Waals surface area contributed by atoms with Crippen molar-refractivity contribution in [3.8, 4) is 11.6 Å². The summed E-state index contributed by atoms with van der Waals surface area (Å²) >= 11 is 0. The highest BCUT2D eigenvalue weighted by molar-refractivity contribution is 5.44. The van der Waals surface area contributed by atoms with Crippen molar-refractivity contribution in [3.63, 3.8) is 0 Å². The van der Waals surface area contributed by atoms with Crippen molar-refractivity contribution in [2.24, 2.45) is 0 Å². The van der Waals surface area contributed by atoms with Crippen LogP contribution in [0.3, 0.4) is 0 Å². The van der Waals surface area contributed by atoms with E-state index in [9.17, 15) is 0 Å². The fourth-order valence-electron chi connectivity index (χ4n) is 3.12. The Bertz CT molecular complexity index is 592. The maximum absolute atomic E-state index is 5.68. The van der Waals surface area contributed by atoms with Gasteiger partial charge in [-0.1, -0.05) is 11.6 Å². The zero-order valence-corrected chi connectivity index (χ0v) is 12.3. The van der Waals surface area contributed by atoms with E-state index >= 15 is 0 Å². The van der Waals surface area contributed by atoms with E-state index in [1.807, 2.05) is 6.07 Å². The van der Waals surface area contributed by atoms with Gasteiger partial charge < -0.3 is 18.4 Å². The molecule has 7 nitrogen and oxygen atoms in total. The summed E-state index contributed by atoms with van der Waals surface area (Å²) in [5.74, 6) is 1.70. The largest absolute Gasteiger partial charge is 0.461 e. The first-order chi connectivity index (χ1) is 10.9. The van der Waals surface area contributed by atoms with E-state index < -0.39 is 0 Å². The Kier molecular flexibility index (Phi) is 3.92. The van der Waals surface area contributed by atoms with Crippen molar-refractivity contribution >= 4 is 0 Å². The minimum absolute atomic E-state index is 0.132. The van der Waals surface area contributed by atoms with Gasteiger partial charge in [-0.05, 0) is 31.5 Å². The van der Waals surface area contributed by atoms with Crippen LogP contribution in [0.4, 0.5) is 0 Å². The van der Waals surface area contributed by atoms with Crippen molar-refractivity contribution in [1.29, 1.82) is 0 Å². The summed E-state index contributed by atoms with van der Waals surface area (Å²) in [5, 5.41) is 3.98. The number of ether oxygens (including phenoxy) is 2. The summed E-state index contributed by atoms with van der Waals surface area (Å²) in [6, 6.07) is 3.88. The van der Waals surface area contributed by atoms with E-state index in [0.717, 1.165) is 13.0 Å².